The molecule has 3 N–H and O–H groups in total. The van der Waals surface area contributed by atoms with E-state index in [1.807, 2.05) is 43.3 Å². The Hall–Kier alpha value is -3.77. The summed E-state index contributed by atoms with van der Waals surface area (Å²) in [6.45, 7) is 2.00. The lowest BCUT2D eigenvalue weighted by atomic mass is 10.1. The van der Waals surface area contributed by atoms with Crippen LogP contribution in [0.15, 0.2) is 58.1 Å². The third kappa shape index (κ3) is 3.66. The molecule has 0 radical (unpaired) electrons. The zero-order valence-corrected chi connectivity index (χ0v) is 16.2. The summed E-state index contributed by atoms with van der Waals surface area (Å²) in [5.41, 5.74) is 2.87. The first-order valence-corrected chi connectivity index (χ1v) is 9.67. The van der Waals surface area contributed by atoms with Crippen molar-refractivity contribution in [3.05, 3.63) is 59.9 Å². The average Bonchev–Trinajstić information content (AvgIpc) is 3.27. The predicted octanol–water partition coefficient (Wildman–Crippen LogP) is 3.32. The van der Waals surface area contributed by atoms with Gasteiger partial charge in [-0.15, -0.1) is 10.2 Å². The van der Waals surface area contributed by atoms with Crippen LogP contribution in [0.2, 0.25) is 0 Å². The van der Waals surface area contributed by atoms with Gasteiger partial charge in [-0.3, -0.25) is 4.79 Å². The average molecular weight is 404 g/mol. The Morgan fingerprint density at radius 2 is 2.00 bits per heavy atom. The van der Waals surface area contributed by atoms with E-state index in [1.54, 1.807) is 18.2 Å². The number of thioether (sulfide) groups is 1. The summed E-state index contributed by atoms with van der Waals surface area (Å²) < 4.78 is 6.82. The Bertz CT molecular complexity index is 1240. The number of nitrogen functional groups attached to an aromatic ring is 1. The summed E-state index contributed by atoms with van der Waals surface area (Å²) >= 11 is 1.15. The largest absolute Gasteiger partial charge is 0.443 e. The van der Waals surface area contributed by atoms with Crippen LogP contribution in [0.4, 0.5) is 5.69 Å². The highest BCUT2D eigenvalue weighted by Gasteiger charge is 2.18. The van der Waals surface area contributed by atoms with E-state index in [4.69, 9.17) is 10.3 Å². The number of fused-ring (bicyclic) bond motifs is 1. The summed E-state index contributed by atoms with van der Waals surface area (Å²) in [7, 11) is 0. The predicted molar refractivity (Wildman–Crippen MR) is 111 cm³/mol. The number of nitrogens with two attached hydrogens (primary N) is 1. The Kier molecular flexibility index (Phi) is 4.93. The van der Waals surface area contributed by atoms with Crippen molar-refractivity contribution in [2.45, 2.75) is 12.1 Å². The van der Waals surface area contributed by atoms with Crippen LogP contribution < -0.4 is 11.2 Å². The highest BCUT2D eigenvalue weighted by Crippen LogP contribution is 2.30. The van der Waals surface area contributed by atoms with E-state index in [9.17, 15) is 10.1 Å². The SMILES string of the molecule is Cc1ccc(-c2nnc(SCC(=O)Nc3c(C#N)oc4ccccc34)n2N)cc1. The number of amides is 1. The Labute approximate surface area is 170 Å². The molecule has 0 unspecified atom stereocenters. The standard InChI is InChI=1S/C20H16N6O2S/c1-12-6-8-13(9-7-12)19-24-25-20(26(19)22)29-11-17(27)23-18-14-4-2-3-5-15(14)28-16(18)10-21/h2-9H,11,22H2,1H3,(H,23,27). The quantitative estimate of drug-likeness (QED) is 0.386. The number of rotatable bonds is 5. The van der Waals surface area contributed by atoms with Crippen molar-refractivity contribution < 1.29 is 9.21 Å². The molecular weight excluding hydrogens is 388 g/mol. The first kappa shape index (κ1) is 18.6. The van der Waals surface area contributed by atoms with Crippen molar-refractivity contribution in [2.75, 3.05) is 16.9 Å². The number of para-hydroxylation sites is 1. The number of aryl methyl sites for hydroxylation is 1. The van der Waals surface area contributed by atoms with Crippen LogP contribution in [0.25, 0.3) is 22.4 Å². The van der Waals surface area contributed by atoms with Crippen molar-refractivity contribution in [1.82, 2.24) is 14.9 Å². The number of furan rings is 1. The number of nitrogens with zero attached hydrogens (tertiary/aromatic N) is 4. The molecule has 144 valence electrons. The van der Waals surface area contributed by atoms with Crippen LogP contribution in [0, 0.1) is 18.3 Å². The second-order valence-electron chi connectivity index (χ2n) is 6.29. The minimum Gasteiger partial charge on any atom is -0.443 e. The number of carbonyl (C=O) groups excluding carboxylic acids is 1. The van der Waals surface area contributed by atoms with Gasteiger partial charge in [0.15, 0.2) is 5.82 Å². The minimum absolute atomic E-state index is 0.0492. The van der Waals surface area contributed by atoms with Gasteiger partial charge in [0.2, 0.25) is 16.8 Å². The fourth-order valence-electron chi connectivity index (χ4n) is 2.83. The summed E-state index contributed by atoms with van der Waals surface area (Å²) in [5.74, 6) is 6.42. The van der Waals surface area contributed by atoms with E-state index < -0.39 is 0 Å². The fourth-order valence-corrected chi connectivity index (χ4v) is 3.49. The maximum absolute atomic E-state index is 12.4. The van der Waals surface area contributed by atoms with Crippen molar-refractivity contribution >= 4 is 34.3 Å². The maximum atomic E-state index is 12.4. The molecule has 4 rings (SSSR count). The number of hydrogen-bond acceptors (Lipinski definition) is 7. The van der Waals surface area contributed by atoms with Crippen LogP contribution in [-0.4, -0.2) is 26.5 Å². The minimum atomic E-state index is -0.307. The highest BCUT2D eigenvalue weighted by molar-refractivity contribution is 7.99. The lowest BCUT2D eigenvalue weighted by Gasteiger charge is -2.05. The van der Waals surface area contributed by atoms with Crippen molar-refractivity contribution in [2.24, 2.45) is 0 Å². The van der Waals surface area contributed by atoms with Crippen molar-refractivity contribution in [3.8, 4) is 17.5 Å². The van der Waals surface area contributed by atoms with Crippen LogP contribution in [0.1, 0.15) is 11.3 Å². The molecular formula is C20H16N6O2S. The zero-order valence-electron chi connectivity index (χ0n) is 15.4. The van der Waals surface area contributed by atoms with Crippen LogP contribution >= 0.6 is 11.8 Å². The van der Waals surface area contributed by atoms with E-state index in [2.05, 4.69) is 15.5 Å². The monoisotopic (exact) mass is 404 g/mol. The molecule has 0 bridgehead atoms. The number of hydrogen-bond donors (Lipinski definition) is 2. The molecule has 0 saturated heterocycles. The van der Waals surface area contributed by atoms with Gasteiger partial charge in [0.25, 0.3) is 0 Å². The highest BCUT2D eigenvalue weighted by atomic mass is 32.2. The van der Waals surface area contributed by atoms with E-state index in [0.29, 0.717) is 27.6 Å². The molecule has 0 aliphatic carbocycles. The molecule has 0 fully saturated rings. The third-order valence-corrected chi connectivity index (χ3v) is 5.21. The molecule has 4 aromatic rings. The van der Waals surface area contributed by atoms with Gasteiger partial charge in [0.1, 0.15) is 17.3 Å². The number of anilines is 1. The zero-order chi connectivity index (χ0) is 20.4. The second-order valence-corrected chi connectivity index (χ2v) is 7.24. The van der Waals surface area contributed by atoms with E-state index in [-0.39, 0.29) is 17.4 Å². The normalized spacial score (nSPS) is 10.8. The Morgan fingerprint density at radius 3 is 2.76 bits per heavy atom. The first-order valence-electron chi connectivity index (χ1n) is 8.68. The van der Waals surface area contributed by atoms with Crippen molar-refractivity contribution in [1.29, 1.82) is 5.26 Å². The van der Waals surface area contributed by atoms with Gasteiger partial charge in [-0.2, -0.15) is 5.26 Å². The summed E-state index contributed by atoms with van der Waals surface area (Å²) in [6, 6.07) is 16.9. The topological polar surface area (TPSA) is 123 Å². The van der Waals surface area contributed by atoms with Gasteiger partial charge in [-0.05, 0) is 19.1 Å². The lowest BCUT2D eigenvalue weighted by Crippen LogP contribution is -2.16. The molecule has 0 saturated carbocycles. The van der Waals surface area contributed by atoms with E-state index >= 15 is 0 Å². The molecule has 0 spiro atoms. The molecule has 1 amide bonds. The molecule has 2 aromatic carbocycles. The lowest BCUT2D eigenvalue weighted by molar-refractivity contribution is -0.113. The molecule has 0 aliphatic rings. The van der Waals surface area contributed by atoms with Gasteiger partial charge in [0.05, 0.1) is 5.75 Å². The number of aromatic nitrogens is 3. The Balaban J connectivity index is 1.47. The summed E-state index contributed by atoms with van der Waals surface area (Å²) in [5, 5.41) is 21.3. The maximum Gasteiger partial charge on any atom is 0.234 e. The smallest absolute Gasteiger partial charge is 0.234 e. The fraction of sp³-hybridized carbons (Fsp3) is 0.100. The van der Waals surface area contributed by atoms with Crippen LogP contribution in [0.3, 0.4) is 0 Å². The second kappa shape index (κ2) is 7.69. The Morgan fingerprint density at radius 1 is 1.24 bits per heavy atom. The van der Waals surface area contributed by atoms with E-state index in [1.165, 1.54) is 4.68 Å². The van der Waals surface area contributed by atoms with Gasteiger partial charge >= 0.3 is 0 Å². The van der Waals surface area contributed by atoms with Gasteiger partial charge < -0.3 is 15.6 Å². The van der Waals surface area contributed by atoms with Gasteiger partial charge in [-0.1, -0.05) is 53.7 Å². The summed E-state index contributed by atoms with van der Waals surface area (Å²) in [6.07, 6.45) is 0. The molecule has 0 aliphatic heterocycles. The molecule has 0 atom stereocenters. The number of nitriles is 1. The molecule has 9 heteroatoms. The van der Waals surface area contributed by atoms with Crippen molar-refractivity contribution in [3.63, 3.8) is 0 Å². The first-order chi connectivity index (χ1) is 14.1. The van der Waals surface area contributed by atoms with E-state index in [0.717, 1.165) is 22.9 Å². The number of nitrogens with one attached hydrogen (secondary N) is 1. The molecule has 29 heavy (non-hydrogen) atoms. The molecule has 2 aromatic heterocycles. The van der Waals surface area contributed by atoms with Gasteiger partial charge in [-0.25, -0.2) is 4.68 Å². The summed E-state index contributed by atoms with van der Waals surface area (Å²) in [4.78, 5) is 12.4. The van der Waals surface area contributed by atoms with Gasteiger partial charge in [0, 0.05) is 10.9 Å². The third-order valence-electron chi connectivity index (χ3n) is 4.27. The molecule has 2 heterocycles. The van der Waals surface area contributed by atoms with Crippen LogP contribution in [-0.2, 0) is 4.79 Å². The number of carbonyl (C=O) groups is 1. The number of benzene rings is 2. The molecule has 8 nitrogen and oxygen atoms in total. The van der Waals surface area contributed by atoms with Crippen LogP contribution in [0.5, 0.6) is 0 Å².